The highest BCUT2D eigenvalue weighted by molar-refractivity contribution is 6.30. The molecule has 1 aromatic heterocycles. The molecule has 2 atom stereocenters. The number of halogens is 1. The van der Waals surface area contributed by atoms with Crippen LogP contribution in [0.15, 0.2) is 36.5 Å². The lowest BCUT2D eigenvalue weighted by Gasteiger charge is -2.15. The van der Waals surface area contributed by atoms with Gasteiger partial charge in [0, 0.05) is 30.1 Å². The number of Topliss-reactive ketones (excluding diaryl/α,β-unsaturated/α-hetero) is 2. The van der Waals surface area contributed by atoms with Gasteiger partial charge in [-0.25, -0.2) is 0 Å². The lowest BCUT2D eigenvalue weighted by Crippen LogP contribution is -2.28. The number of hydrogen-bond donors (Lipinski definition) is 1. The van der Waals surface area contributed by atoms with Crippen LogP contribution in [0.3, 0.4) is 0 Å². The summed E-state index contributed by atoms with van der Waals surface area (Å²) in [4.78, 5) is 41.4. The Bertz CT molecular complexity index is 890. The van der Waals surface area contributed by atoms with Crippen molar-refractivity contribution in [2.45, 2.75) is 32.6 Å². The van der Waals surface area contributed by atoms with Crippen molar-refractivity contribution in [3.63, 3.8) is 0 Å². The molecule has 6 heteroatoms. The van der Waals surface area contributed by atoms with Gasteiger partial charge in [-0.05, 0) is 49.1 Å². The summed E-state index contributed by atoms with van der Waals surface area (Å²) in [5.74, 6) is -1.48. The van der Waals surface area contributed by atoms with Crippen molar-refractivity contribution in [1.29, 1.82) is 0 Å². The molecular formula is C21H21ClN2O3. The Morgan fingerprint density at radius 3 is 2.59 bits per heavy atom. The first kappa shape index (κ1) is 19.2. The van der Waals surface area contributed by atoms with E-state index in [0.29, 0.717) is 18.0 Å². The highest BCUT2D eigenvalue weighted by Crippen LogP contribution is 2.36. The zero-order chi connectivity index (χ0) is 19.6. The molecule has 0 radical (unpaired) electrons. The van der Waals surface area contributed by atoms with Crippen LogP contribution < -0.4 is 5.32 Å². The van der Waals surface area contributed by atoms with E-state index in [-0.39, 0.29) is 35.5 Å². The second-order valence-corrected chi connectivity index (χ2v) is 7.35. The summed E-state index contributed by atoms with van der Waals surface area (Å²) < 4.78 is 0. The Morgan fingerprint density at radius 2 is 1.93 bits per heavy atom. The van der Waals surface area contributed by atoms with E-state index in [9.17, 15) is 14.4 Å². The van der Waals surface area contributed by atoms with Gasteiger partial charge in [-0.1, -0.05) is 29.8 Å². The van der Waals surface area contributed by atoms with Crippen molar-refractivity contribution in [1.82, 2.24) is 10.3 Å². The minimum atomic E-state index is -0.679. The molecule has 27 heavy (non-hydrogen) atoms. The average molecular weight is 385 g/mol. The van der Waals surface area contributed by atoms with Crippen LogP contribution in [0, 0.1) is 19.8 Å². The van der Waals surface area contributed by atoms with Crippen LogP contribution in [0.1, 0.15) is 45.9 Å². The van der Waals surface area contributed by atoms with Crippen LogP contribution in [0.5, 0.6) is 0 Å². The number of pyridine rings is 1. The topological polar surface area (TPSA) is 76.1 Å². The van der Waals surface area contributed by atoms with E-state index in [1.54, 1.807) is 6.07 Å². The molecule has 0 saturated heterocycles. The molecule has 1 aromatic carbocycles. The average Bonchev–Trinajstić information content (AvgIpc) is 2.89. The number of amides is 1. The number of nitrogens with zero attached hydrogens (tertiary/aromatic N) is 1. The molecule has 1 aliphatic rings. The Hall–Kier alpha value is -2.53. The predicted molar refractivity (Wildman–Crippen MR) is 103 cm³/mol. The number of hydrogen-bond acceptors (Lipinski definition) is 4. The molecule has 1 unspecified atom stereocenters. The summed E-state index contributed by atoms with van der Waals surface area (Å²) >= 11 is 5.86. The van der Waals surface area contributed by atoms with Gasteiger partial charge in [0.1, 0.15) is 17.4 Å². The van der Waals surface area contributed by atoms with Crippen LogP contribution in [0.25, 0.3) is 0 Å². The normalized spacial score (nSPS) is 19.4. The van der Waals surface area contributed by atoms with Crippen LogP contribution in [-0.4, -0.2) is 29.0 Å². The van der Waals surface area contributed by atoms with Gasteiger partial charge in [-0.2, -0.15) is 0 Å². The molecule has 1 aliphatic carbocycles. The van der Waals surface area contributed by atoms with Gasteiger partial charge >= 0.3 is 0 Å². The van der Waals surface area contributed by atoms with Crippen molar-refractivity contribution >= 4 is 29.1 Å². The van der Waals surface area contributed by atoms with Crippen LogP contribution in [-0.2, 0) is 9.59 Å². The fraction of sp³-hybridized carbons (Fsp3) is 0.333. The number of ketones is 2. The molecule has 0 spiro atoms. The maximum absolute atomic E-state index is 12.8. The highest BCUT2D eigenvalue weighted by atomic mass is 35.5. The monoisotopic (exact) mass is 384 g/mol. The maximum atomic E-state index is 12.8. The summed E-state index contributed by atoms with van der Waals surface area (Å²) in [6.07, 6.45) is 2.12. The summed E-state index contributed by atoms with van der Waals surface area (Å²) in [6.45, 7) is 4.15. The smallest absolute Gasteiger partial charge is 0.269 e. The lowest BCUT2D eigenvalue weighted by atomic mass is 9.87. The minimum Gasteiger partial charge on any atom is -0.351 e. The molecule has 5 nitrogen and oxygen atoms in total. The molecule has 140 valence electrons. The summed E-state index contributed by atoms with van der Waals surface area (Å²) in [6, 6.07) is 8.85. The fourth-order valence-corrected chi connectivity index (χ4v) is 3.83. The van der Waals surface area contributed by atoms with Crippen molar-refractivity contribution < 1.29 is 14.4 Å². The van der Waals surface area contributed by atoms with Gasteiger partial charge in [0.05, 0.1) is 0 Å². The van der Waals surface area contributed by atoms with Gasteiger partial charge in [-0.3, -0.25) is 19.4 Å². The first-order valence-corrected chi connectivity index (χ1v) is 9.28. The Kier molecular flexibility index (Phi) is 5.71. The Balaban J connectivity index is 1.63. The third kappa shape index (κ3) is 4.08. The van der Waals surface area contributed by atoms with Gasteiger partial charge in [0.2, 0.25) is 0 Å². The number of nitrogens with one attached hydrogen (secondary N) is 1. The van der Waals surface area contributed by atoms with Gasteiger partial charge < -0.3 is 5.32 Å². The highest BCUT2D eigenvalue weighted by Gasteiger charge is 2.42. The molecule has 2 aromatic rings. The minimum absolute atomic E-state index is 0.0368. The van der Waals surface area contributed by atoms with Crippen molar-refractivity contribution in [2.24, 2.45) is 5.92 Å². The SMILES string of the molecule is Cc1cccc(C)c1C1C(=O)C[C@H](CCNC(=O)c2cc(Cl)ccn2)C1=O. The molecule has 3 rings (SSSR count). The van der Waals surface area contributed by atoms with E-state index in [0.717, 1.165) is 16.7 Å². The van der Waals surface area contributed by atoms with Crippen molar-refractivity contribution in [2.75, 3.05) is 6.54 Å². The molecule has 0 bridgehead atoms. The van der Waals surface area contributed by atoms with E-state index in [1.165, 1.54) is 12.3 Å². The molecular weight excluding hydrogens is 364 g/mol. The standard InChI is InChI=1S/C21H21ClN2O3/c1-12-4-3-5-13(2)18(12)19-17(25)10-14(20(19)26)6-8-24-21(27)16-11-15(22)7-9-23-16/h3-5,7,9,11,14,19H,6,8,10H2,1-2H3,(H,24,27)/t14-,19?/m0/s1. The molecule has 1 fully saturated rings. The second-order valence-electron chi connectivity index (χ2n) is 6.91. The largest absolute Gasteiger partial charge is 0.351 e. The van der Waals surface area contributed by atoms with Gasteiger partial charge in [-0.15, -0.1) is 0 Å². The number of aromatic nitrogens is 1. The number of aryl methyl sites for hydroxylation is 2. The number of carbonyl (C=O) groups excluding carboxylic acids is 3. The quantitative estimate of drug-likeness (QED) is 0.801. The maximum Gasteiger partial charge on any atom is 0.269 e. The fourth-order valence-electron chi connectivity index (χ4n) is 3.67. The summed E-state index contributed by atoms with van der Waals surface area (Å²) in [5.41, 5.74) is 2.98. The third-order valence-electron chi connectivity index (χ3n) is 5.02. The van der Waals surface area contributed by atoms with E-state index >= 15 is 0 Å². The van der Waals surface area contributed by atoms with E-state index in [4.69, 9.17) is 11.6 Å². The Labute approximate surface area is 163 Å². The van der Waals surface area contributed by atoms with E-state index < -0.39 is 5.92 Å². The van der Waals surface area contributed by atoms with Gasteiger partial charge in [0.15, 0.2) is 5.78 Å². The number of benzene rings is 1. The zero-order valence-corrected chi connectivity index (χ0v) is 16.0. The molecule has 1 N–H and O–H groups in total. The van der Waals surface area contributed by atoms with E-state index in [2.05, 4.69) is 10.3 Å². The first-order valence-electron chi connectivity index (χ1n) is 8.90. The molecule has 1 amide bonds. The lowest BCUT2D eigenvalue weighted by molar-refractivity contribution is -0.124. The third-order valence-corrected chi connectivity index (χ3v) is 5.26. The summed E-state index contributed by atoms with van der Waals surface area (Å²) in [7, 11) is 0. The van der Waals surface area contributed by atoms with Crippen LogP contribution in [0.2, 0.25) is 5.02 Å². The second kappa shape index (κ2) is 8.01. The molecule has 0 aliphatic heterocycles. The van der Waals surface area contributed by atoms with Gasteiger partial charge in [0.25, 0.3) is 5.91 Å². The molecule has 1 heterocycles. The number of carbonyl (C=O) groups is 3. The summed E-state index contributed by atoms with van der Waals surface area (Å²) in [5, 5.41) is 3.18. The molecule has 1 saturated carbocycles. The van der Waals surface area contributed by atoms with Crippen LogP contribution >= 0.6 is 11.6 Å². The van der Waals surface area contributed by atoms with Crippen molar-refractivity contribution in [3.05, 3.63) is 63.9 Å². The predicted octanol–water partition coefficient (Wildman–Crippen LogP) is 3.41. The number of rotatable bonds is 5. The Morgan fingerprint density at radius 1 is 1.22 bits per heavy atom. The first-order chi connectivity index (χ1) is 12.9. The van der Waals surface area contributed by atoms with Crippen LogP contribution in [0.4, 0.5) is 0 Å². The van der Waals surface area contributed by atoms with E-state index in [1.807, 2.05) is 32.0 Å². The zero-order valence-electron chi connectivity index (χ0n) is 15.3. The van der Waals surface area contributed by atoms with Crippen molar-refractivity contribution in [3.8, 4) is 0 Å².